The Balaban J connectivity index is 2.02. The molecule has 21 heavy (non-hydrogen) atoms. The fourth-order valence-corrected chi connectivity index (χ4v) is 3.12. The van der Waals surface area contributed by atoms with Gasteiger partial charge in [0.25, 0.3) is 5.91 Å². The van der Waals surface area contributed by atoms with E-state index in [1.807, 2.05) is 19.1 Å². The van der Waals surface area contributed by atoms with Gasteiger partial charge in [0.05, 0.1) is 10.0 Å². The van der Waals surface area contributed by atoms with Crippen LogP contribution in [0.5, 0.6) is 0 Å². The molecule has 2 aromatic rings. The number of hydrogen-bond donors (Lipinski definition) is 0. The van der Waals surface area contributed by atoms with E-state index in [2.05, 4.69) is 22.0 Å². The summed E-state index contributed by atoms with van der Waals surface area (Å²) in [4.78, 5) is 14.4. The SMILES string of the molecule is Cc1ccc2c(c1)CCCN2C(=O)c1cccc(Br)c1F. The first-order valence-electron chi connectivity index (χ1n) is 6.93. The molecule has 4 heteroatoms. The van der Waals surface area contributed by atoms with Crippen LogP contribution in [0.25, 0.3) is 0 Å². The molecule has 1 heterocycles. The monoisotopic (exact) mass is 347 g/mol. The summed E-state index contributed by atoms with van der Waals surface area (Å²) in [6, 6.07) is 10.9. The van der Waals surface area contributed by atoms with E-state index in [0.717, 1.165) is 24.1 Å². The van der Waals surface area contributed by atoms with Crippen molar-refractivity contribution >= 4 is 27.5 Å². The summed E-state index contributed by atoms with van der Waals surface area (Å²) in [7, 11) is 0. The Bertz CT molecular complexity index is 714. The molecule has 1 amide bonds. The maximum atomic E-state index is 14.2. The van der Waals surface area contributed by atoms with Gasteiger partial charge in [-0.25, -0.2) is 4.39 Å². The Morgan fingerprint density at radius 1 is 1.29 bits per heavy atom. The second-order valence-electron chi connectivity index (χ2n) is 5.29. The predicted octanol–water partition coefficient (Wildman–Crippen LogP) is 4.49. The van der Waals surface area contributed by atoms with Crippen molar-refractivity contribution in [1.29, 1.82) is 0 Å². The summed E-state index contributed by atoms with van der Waals surface area (Å²) in [5, 5.41) is 0. The molecule has 2 nitrogen and oxygen atoms in total. The van der Waals surface area contributed by atoms with E-state index >= 15 is 0 Å². The minimum Gasteiger partial charge on any atom is -0.308 e. The van der Waals surface area contributed by atoms with Crippen LogP contribution in [0.15, 0.2) is 40.9 Å². The van der Waals surface area contributed by atoms with Crippen molar-refractivity contribution in [1.82, 2.24) is 0 Å². The van der Waals surface area contributed by atoms with Crippen LogP contribution in [0, 0.1) is 12.7 Å². The van der Waals surface area contributed by atoms with Gasteiger partial charge in [0.15, 0.2) is 0 Å². The lowest BCUT2D eigenvalue weighted by Gasteiger charge is -2.30. The molecule has 0 radical (unpaired) electrons. The highest BCUT2D eigenvalue weighted by molar-refractivity contribution is 9.10. The quantitative estimate of drug-likeness (QED) is 0.744. The number of carbonyl (C=O) groups is 1. The van der Waals surface area contributed by atoms with Crippen LogP contribution in [-0.2, 0) is 6.42 Å². The lowest BCUT2D eigenvalue weighted by Crippen LogP contribution is -2.36. The van der Waals surface area contributed by atoms with Gasteiger partial charge in [0.2, 0.25) is 0 Å². The molecule has 108 valence electrons. The predicted molar refractivity (Wildman–Crippen MR) is 85.3 cm³/mol. The number of amides is 1. The summed E-state index contributed by atoms with van der Waals surface area (Å²) >= 11 is 3.13. The topological polar surface area (TPSA) is 20.3 Å². The number of fused-ring (bicyclic) bond motifs is 1. The van der Waals surface area contributed by atoms with Gasteiger partial charge in [-0.3, -0.25) is 4.79 Å². The third-order valence-electron chi connectivity index (χ3n) is 3.78. The summed E-state index contributed by atoms with van der Waals surface area (Å²) in [5.74, 6) is -0.777. The van der Waals surface area contributed by atoms with Crippen LogP contribution in [-0.4, -0.2) is 12.5 Å². The van der Waals surface area contributed by atoms with Crippen LogP contribution in [0.3, 0.4) is 0 Å². The van der Waals surface area contributed by atoms with Crippen molar-refractivity contribution in [3.63, 3.8) is 0 Å². The number of carbonyl (C=O) groups excluding carboxylic acids is 1. The van der Waals surface area contributed by atoms with E-state index in [9.17, 15) is 9.18 Å². The molecular formula is C17H15BrFNO. The molecule has 0 aromatic heterocycles. The Labute approximate surface area is 131 Å². The number of hydrogen-bond acceptors (Lipinski definition) is 1. The summed E-state index contributed by atoms with van der Waals surface area (Å²) in [6.45, 7) is 2.66. The first-order chi connectivity index (χ1) is 10.1. The largest absolute Gasteiger partial charge is 0.308 e. The number of rotatable bonds is 1. The fraction of sp³-hybridized carbons (Fsp3) is 0.235. The highest BCUT2D eigenvalue weighted by atomic mass is 79.9. The molecule has 1 aliphatic heterocycles. The van der Waals surface area contributed by atoms with E-state index in [0.29, 0.717) is 11.0 Å². The van der Waals surface area contributed by atoms with Crippen molar-refractivity contribution in [2.24, 2.45) is 0 Å². The average Bonchev–Trinajstić information content (AvgIpc) is 2.48. The molecule has 1 aliphatic rings. The average molecular weight is 348 g/mol. The van der Waals surface area contributed by atoms with E-state index in [1.165, 1.54) is 11.6 Å². The summed E-state index contributed by atoms with van der Waals surface area (Å²) in [6.07, 6.45) is 1.86. The molecule has 0 atom stereocenters. The van der Waals surface area contributed by atoms with Gasteiger partial charge in [0.1, 0.15) is 5.82 Å². The molecule has 0 aliphatic carbocycles. The Hall–Kier alpha value is -1.68. The summed E-state index contributed by atoms with van der Waals surface area (Å²) in [5.41, 5.74) is 3.34. The van der Waals surface area contributed by atoms with Crippen molar-refractivity contribution in [3.05, 3.63) is 63.4 Å². The lowest BCUT2D eigenvalue weighted by atomic mass is 9.99. The molecule has 0 N–H and O–H groups in total. The molecule has 3 rings (SSSR count). The first-order valence-corrected chi connectivity index (χ1v) is 7.72. The van der Waals surface area contributed by atoms with Gasteiger partial charge in [-0.15, -0.1) is 0 Å². The number of benzene rings is 2. The van der Waals surface area contributed by atoms with Crippen LogP contribution in [0.2, 0.25) is 0 Å². The van der Waals surface area contributed by atoms with Crippen molar-refractivity contribution in [2.75, 3.05) is 11.4 Å². The minimum atomic E-state index is -0.498. The second kappa shape index (κ2) is 5.60. The van der Waals surface area contributed by atoms with Crippen LogP contribution in [0.1, 0.15) is 27.9 Å². The molecule has 0 bridgehead atoms. The van der Waals surface area contributed by atoms with Gasteiger partial charge in [0, 0.05) is 12.2 Å². The Kier molecular flexibility index (Phi) is 3.81. The van der Waals surface area contributed by atoms with E-state index in [4.69, 9.17) is 0 Å². The number of nitrogens with zero attached hydrogens (tertiary/aromatic N) is 1. The van der Waals surface area contributed by atoms with Crippen LogP contribution < -0.4 is 4.90 Å². The zero-order valence-electron chi connectivity index (χ0n) is 11.7. The lowest BCUT2D eigenvalue weighted by molar-refractivity contribution is 0.0981. The number of aryl methyl sites for hydroxylation is 2. The zero-order chi connectivity index (χ0) is 15.0. The number of halogens is 2. The molecule has 0 unspecified atom stereocenters. The highest BCUT2D eigenvalue weighted by Crippen LogP contribution is 2.30. The fourth-order valence-electron chi connectivity index (χ4n) is 2.75. The molecular weight excluding hydrogens is 333 g/mol. The maximum Gasteiger partial charge on any atom is 0.261 e. The van der Waals surface area contributed by atoms with Gasteiger partial charge < -0.3 is 4.90 Å². The minimum absolute atomic E-state index is 0.109. The van der Waals surface area contributed by atoms with Gasteiger partial charge in [-0.2, -0.15) is 0 Å². The van der Waals surface area contributed by atoms with E-state index < -0.39 is 5.82 Å². The molecule has 0 saturated heterocycles. The Morgan fingerprint density at radius 2 is 2.10 bits per heavy atom. The van der Waals surface area contributed by atoms with Crippen molar-refractivity contribution < 1.29 is 9.18 Å². The van der Waals surface area contributed by atoms with Crippen LogP contribution >= 0.6 is 15.9 Å². The van der Waals surface area contributed by atoms with Crippen molar-refractivity contribution in [3.8, 4) is 0 Å². The highest BCUT2D eigenvalue weighted by Gasteiger charge is 2.25. The normalized spacial score (nSPS) is 14.0. The molecule has 0 fully saturated rings. The standard InChI is InChI=1S/C17H15BrFNO/c1-11-7-8-15-12(10-11)4-3-9-20(15)17(21)13-5-2-6-14(18)16(13)19/h2,5-8,10H,3-4,9H2,1H3. The maximum absolute atomic E-state index is 14.2. The van der Waals surface area contributed by atoms with Gasteiger partial charge in [-0.05, 0) is 59.5 Å². The van der Waals surface area contributed by atoms with Crippen molar-refractivity contribution in [2.45, 2.75) is 19.8 Å². The van der Waals surface area contributed by atoms with E-state index in [-0.39, 0.29) is 11.5 Å². The number of anilines is 1. The summed E-state index contributed by atoms with van der Waals surface area (Å²) < 4.78 is 14.5. The Morgan fingerprint density at radius 3 is 2.90 bits per heavy atom. The van der Waals surface area contributed by atoms with Crippen LogP contribution in [0.4, 0.5) is 10.1 Å². The molecule has 2 aromatic carbocycles. The van der Waals surface area contributed by atoms with Gasteiger partial charge in [-0.1, -0.05) is 23.8 Å². The van der Waals surface area contributed by atoms with Gasteiger partial charge >= 0.3 is 0 Å². The smallest absolute Gasteiger partial charge is 0.261 e. The zero-order valence-corrected chi connectivity index (χ0v) is 13.3. The van der Waals surface area contributed by atoms with E-state index in [1.54, 1.807) is 17.0 Å². The third kappa shape index (κ3) is 2.60. The third-order valence-corrected chi connectivity index (χ3v) is 4.39. The molecule has 0 spiro atoms. The molecule has 0 saturated carbocycles. The second-order valence-corrected chi connectivity index (χ2v) is 6.15. The first kappa shape index (κ1) is 14.3.